The third-order valence-electron chi connectivity index (χ3n) is 2.82. The number of para-hydroxylation sites is 1. The monoisotopic (exact) mass is 290 g/mol. The topological polar surface area (TPSA) is 103 Å². The van der Waals surface area contributed by atoms with Crippen LogP contribution in [0.5, 0.6) is 0 Å². The first-order valence-electron chi connectivity index (χ1n) is 5.86. The molecule has 0 unspecified atom stereocenters. The van der Waals surface area contributed by atoms with E-state index in [-0.39, 0.29) is 21.9 Å². The summed E-state index contributed by atoms with van der Waals surface area (Å²) in [6.45, 7) is 0. The molecule has 0 fully saturated rings. The highest BCUT2D eigenvalue weighted by Crippen LogP contribution is 2.22. The molecule has 2 aromatic rings. The van der Waals surface area contributed by atoms with E-state index in [0.717, 1.165) is 0 Å². The lowest BCUT2D eigenvalue weighted by molar-refractivity contribution is 0.1000. The zero-order valence-electron chi connectivity index (χ0n) is 10.6. The van der Waals surface area contributed by atoms with Crippen LogP contribution < -0.4 is 11.5 Å². The molecule has 0 aromatic heterocycles. The number of hydrogen-bond donors (Lipinski definition) is 2. The maximum atomic E-state index is 12.3. The van der Waals surface area contributed by atoms with E-state index in [2.05, 4.69) is 0 Å². The van der Waals surface area contributed by atoms with E-state index in [9.17, 15) is 13.2 Å². The van der Waals surface area contributed by atoms with Crippen LogP contribution in [0.3, 0.4) is 0 Å². The summed E-state index contributed by atoms with van der Waals surface area (Å²) in [6, 6.07) is 12.5. The molecule has 20 heavy (non-hydrogen) atoms. The molecule has 0 atom stereocenters. The first-order valence-corrected chi connectivity index (χ1v) is 7.51. The van der Waals surface area contributed by atoms with Crippen molar-refractivity contribution in [3.8, 4) is 0 Å². The first kappa shape index (κ1) is 14.1. The number of primary amides is 1. The Morgan fingerprint density at radius 3 is 2.40 bits per heavy atom. The fourth-order valence-electron chi connectivity index (χ4n) is 1.88. The van der Waals surface area contributed by atoms with Gasteiger partial charge in [-0.15, -0.1) is 0 Å². The smallest absolute Gasteiger partial charge is 0.248 e. The van der Waals surface area contributed by atoms with Crippen molar-refractivity contribution in [3.05, 3.63) is 59.7 Å². The van der Waals surface area contributed by atoms with Gasteiger partial charge < -0.3 is 11.5 Å². The van der Waals surface area contributed by atoms with Crippen LogP contribution in [0.15, 0.2) is 53.4 Å². The molecule has 0 radical (unpaired) electrons. The summed E-state index contributed by atoms with van der Waals surface area (Å²) >= 11 is 0. The molecule has 2 aromatic carbocycles. The van der Waals surface area contributed by atoms with E-state index in [0.29, 0.717) is 5.56 Å². The molecule has 0 heterocycles. The highest BCUT2D eigenvalue weighted by atomic mass is 32.2. The zero-order chi connectivity index (χ0) is 14.8. The normalized spacial score (nSPS) is 11.2. The molecule has 0 aliphatic heterocycles. The largest absolute Gasteiger partial charge is 0.398 e. The predicted octanol–water partition coefficient (Wildman–Crippen LogP) is 1.34. The van der Waals surface area contributed by atoms with Crippen LogP contribution in [0.25, 0.3) is 0 Å². The van der Waals surface area contributed by atoms with Gasteiger partial charge in [0.05, 0.1) is 16.3 Å². The summed E-state index contributed by atoms with van der Waals surface area (Å²) in [4.78, 5) is 11.2. The molecule has 0 bridgehead atoms. The average molecular weight is 290 g/mol. The van der Waals surface area contributed by atoms with Gasteiger partial charge in [0, 0.05) is 5.56 Å². The standard InChI is InChI=1S/C14H14N2O3S/c15-12-6-1-2-7-13(12)20(18,19)9-10-4-3-5-11(8-10)14(16)17/h1-8H,9,15H2,(H2,16,17). The molecule has 0 saturated heterocycles. The maximum absolute atomic E-state index is 12.3. The van der Waals surface area contributed by atoms with E-state index in [4.69, 9.17) is 11.5 Å². The Balaban J connectivity index is 2.36. The minimum Gasteiger partial charge on any atom is -0.398 e. The lowest BCUT2D eigenvalue weighted by atomic mass is 10.1. The number of carbonyl (C=O) groups excluding carboxylic acids is 1. The Morgan fingerprint density at radius 2 is 1.75 bits per heavy atom. The number of rotatable bonds is 4. The van der Waals surface area contributed by atoms with Gasteiger partial charge in [-0.05, 0) is 29.8 Å². The number of nitrogen functional groups attached to an aromatic ring is 1. The van der Waals surface area contributed by atoms with Gasteiger partial charge in [0.25, 0.3) is 0 Å². The van der Waals surface area contributed by atoms with Crippen LogP contribution in [-0.2, 0) is 15.6 Å². The van der Waals surface area contributed by atoms with Gasteiger partial charge >= 0.3 is 0 Å². The summed E-state index contributed by atoms with van der Waals surface area (Å²) in [5.74, 6) is -0.828. The molecular weight excluding hydrogens is 276 g/mol. The van der Waals surface area contributed by atoms with Crippen molar-refractivity contribution in [1.82, 2.24) is 0 Å². The van der Waals surface area contributed by atoms with Gasteiger partial charge in [-0.2, -0.15) is 0 Å². The van der Waals surface area contributed by atoms with Crippen LogP contribution in [0.4, 0.5) is 5.69 Å². The number of sulfone groups is 1. The van der Waals surface area contributed by atoms with Crippen molar-refractivity contribution in [2.75, 3.05) is 5.73 Å². The summed E-state index contributed by atoms with van der Waals surface area (Å²) in [5, 5.41) is 0. The minimum atomic E-state index is -3.56. The van der Waals surface area contributed by atoms with Gasteiger partial charge in [0.2, 0.25) is 5.91 Å². The van der Waals surface area contributed by atoms with Crippen molar-refractivity contribution in [2.24, 2.45) is 5.73 Å². The fourth-order valence-corrected chi connectivity index (χ4v) is 3.36. The van der Waals surface area contributed by atoms with Gasteiger partial charge in [-0.1, -0.05) is 24.3 Å². The van der Waals surface area contributed by atoms with E-state index >= 15 is 0 Å². The van der Waals surface area contributed by atoms with Crippen LogP contribution in [0.2, 0.25) is 0 Å². The van der Waals surface area contributed by atoms with Crippen molar-refractivity contribution in [2.45, 2.75) is 10.6 Å². The Morgan fingerprint density at radius 1 is 1.05 bits per heavy atom. The van der Waals surface area contributed by atoms with Gasteiger partial charge in [-0.25, -0.2) is 8.42 Å². The highest BCUT2D eigenvalue weighted by molar-refractivity contribution is 7.90. The molecule has 1 amide bonds. The highest BCUT2D eigenvalue weighted by Gasteiger charge is 2.18. The first-order chi connectivity index (χ1) is 9.40. The summed E-state index contributed by atoms with van der Waals surface area (Å²) in [6.07, 6.45) is 0. The molecule has 0 aliphatic carbocycles. The number of anilines is 1. The second-order valence-corrected chi connectivity index (χ2v) is 6.32. The summed E-state index contributed by atoms with van der Waals surface area (Å²) < 4.78 is 24.6. The van der Waals surface area contributed by atoms with Gasteiger partial charge in [0.15, 0.2) is 9.84 Å². The number of benzene rings is 2. The van der Waals surface area contributed by atoms with E-state index in [1.807, 2.05) is 0 Å². The number of amides is 1. The summed E-state index contributed by atoms with van der Waals surface area (Å²) in [5.41, 5.74) is 11.8. The molecule has 104 valence electrons. The predicted molar refractivity (Wildman–Crippen MR) is 76.7 cm³/mol. The Labute approximate surface area is 117 Å². The molecule has 5 nitrogen and oxygen atoms in total. The zero-order valence-corrected chi connectivity index (χ0v) is 11.4. The second kappa shape index (κ2) is 5.34. The lowest BCUT2D eigenvalue weighted by Gasteiger charge is -2.08. The van der Waals surface area contributed by atoms with E-state index < -0.39 is 15.7 Å². The Kier molecular flexibility index (Phi) is 3.76. The molecule has 2 rings (SSSR count). The molecule has 6 heteroatoms. The minimum absolute atomic E-state index is 0.0875. The number of carbonyl (C=O) groups is 1. The van der Waals surface area contributed by atoms with Gasteiger partial charge in [0.1, 0.15) is 0 Å². The Bertz CT molecular complexity index is 755. The van der Waals surface area contributed by atoms with Crippen LogP contribution in [-0.4, -0.2) is 14.3 Å². The SMILES string of the molecule is NC(=O)c1cccc(CS(=O)(=O)c2ccccc2N)c1. The quantitative estimate of drug-likeness (QED) is 0.829. The number of nitrogens with two attached hydrogens (primary N) is 2. The van der Waals surface area contributed by atoms with Crippen molar-refractivity contribution < 1.29 is 13.2 Å². The average Bonchev–Trinajstić information content (AvgIpc) is 2.38. The van der Waals surface area contributed by atoms with Gasteiger partial charge in [-0.3, -0.25) is 4.79 Å². The van der Waals surface area contributed by atoms with Crippen molar-refractivity contribution in [3.63, 3.8) is 0 Å². The van der Waals surface area contributed by atoms with Crippen LogP contribution >= 0.6 is 0 Å². The molecule has 0 aliphatic rings. The van der Waals surface area contributed by atoms with E-state index in [1.54, 1.807) is 24.3 Å². The third-order valence-corrected chi connectivity index (χ3v) is 4.58. The lowest BCUT2D eigenvalue weighted by Crippen LogP contribution is -2.12. The molecule has 0 saturated carbocycles. The molecular formula is C14H14N2O3S. The van der Waals surface area contributed by atoms with Crippen LogP contribution in [0, 0.1) is 0 Å². The number of hydrogen-bond acceptors (Lipinski definition) is 4. The van der Waals surface area contributed by atoms with Crippen molar-refractivity contribution >= 4 is 21.4 Å². The van der Waals surface area contributed by atoms with Crippen molar-refractivity contribution in [1.29, 1.82) is 0 Å². The third kappa shape index (κ3) is 2.97. The Hall–Kier alpha value is -2.34. The maximum Gasteiger partial charge on any atom is 0.248 e. The van der Waals surface area contributed by atoms with E-state index in [1.165, 1.54) is 24.3 Å². The summed E-state index contributed by atoms with van der Waals surface area (Å²) in [7, 11) is -3.56. The second-order valence-electron chi connectivity index (χ2n) is 4.36. The fraction of sp³-hybridized carbons (Fsp3) is 0.0714. The van der Waals surface area contributed by atoms with Crippen LogP contribution in [0.1, 0.15) is 15.9 Å². The molecule has 4 N–H and O–H groups in total. The molecule has 0 spiro atoms.